The zero-order valence-electron chi connectivity index (χ0n) is 20.4. The molecule has 1 N–H and O–H groups in total. The first kappa shape index (κ1) is 24.9. The summed E-state index contributed by atoms with van der Waals surface area (Å²) in [6, 6.07) is 16.3. The molecule has 0 amide bonds. The third-order valence-corrected chi connectivity index (χ3v) is 8.56. The van der Waals surface area contributed by atoms with Gasteiger partial charge in [0.2, 0.25) is 0 Å². The topological polar surface area (TPSA) is 95.0 Å². The smallest absolute Gasteiger partial charge is 0.181 e. The molecule has 1 atom stereocenters. The fourth-order valence-electron chi connectivity index (χ4n) is 4.96. The van der Waals surface area contributed by atoms with Crippen LogP contribution in [-0.2, 0) is 25.9 Å². The Bertz CT molecular complexity index is 1350. The second-order valence-electron chi connectivity index (χ2n) is 9.48. The van der Waals surface area contributed by atoms with Crippen molar-refractivity contribution in [1.82, 2.24) is 4.98 Å². The van der Waals surface area contributed by atoms with Crippen LogP contribution in [0.2, 0.25) is 0 Å². The first-order chi connectivity index (χ1) is 17.3. The van der Waals surface area contributed by atoms with Gasteiger partial charge < -0.3 is 19.3 Å². The van der Waals surface area contributed by atoms with Crippen LogP contribution in [0.15, 0.2) is 71.1 Å². The average Bonchev–Trinajstić information content (AvgIpc) is 3.32. The van der Waals surface area contributed by atoms with Gasteiger partial charge in [0.05, 0.1) is 35.5 Å². The molecule has 3 aromatic rings. The predicted octanol–water partition coefficient (Wildman–Crippen LogP) is 4.50. The molecular formula is C28H31NO6S. The number of hydrogen-bond donors (Lipinski definition) is 1. The minimum Gasteiger partial charge on any atom is -0.489 e. The van der Waals surface area contributed by atoms with Crippen LogP contribution in [-0.4, -0.2) is 49.4 Å². The molecule has 0 radical (unpaired) electrons. The van der Waals surface area contributed by atoms with Crippen molar-refractivity contribution in [1.29, 1.82) is 0 Å². The lowest BCUT2D eigenvalue weighted by Gasteiger charge is -2.32. The van der Waals surface area contributed by atoms with Gasteiger partial charge in [-0.1, -0.05) is 29.8 Å². The monoisotopic (exact) mass is 509 g/mol. The minimum atomic E-state index is -3.66. The summed E-state index contributed by atoms with van der Waals surface area (Å²) >= 11 is 0. The van der Waals surface area contributed by atoms with Crippen molar-refractivity contribution in [3.05, 3.63) is 77.5 Å². The normalized spacial score (nSPS) is 18.4. The van der Waals surface area contributed by atoms with Crippen LogP contribution in [0.4, 0.5) is 0 Å². The summed E-state index contributed by atoms with van der Waals surface area (Å²) in [5.41, 5.74) is 3.89. The van der Waals surface area contributed by atoms with Gasteiger partial charge in [0, 0.05) is 29.5 Å². The van der Waals surface area contributed by atoms with E-state index in [2.05, 4.69) is 4.98 Å². The van der Waals surface area contributed by atoms with E-state index in [-0.39, 0.29) is 10.6 Å². The van der Waals surface area contributed by atoms with Crippen LogP contribution >= 0.6 is 0 Å². The van der Waals surface area contributed by atoms with Gasteiger partial charge in [0.25, 0.3) is 0 Å². The van der Waals surface area contributed by atoms with E-state index < -0.39 is 21.7 Å². The highest BCUT2D eigenvalue weighted by Crippen LogP contribution is 2.38. The zero-order valence-corrected chi connectivity index (χ0v) is 21.2. The quantitative estimate of drug-likeness (QED) is 0.469. The largest absolute Gasteiger partial charge is 0.489 e. The van der Waals surface area contributed by atoms with Gasteiger partial charge >= 0.3 is 0 Å². The molecule has 5 rings (SSSR count). The van der Waals surface area contributed by atoms with Crippen molar-refractivity contribution in [3.8, 4) is 5.75 Å². The first-order valence-electron chi connectivity index (χ1n) is 12.3. The molecule has 1 spiro atoms. The van der Waals surface area contributed by atoms with Crippen LogP contribution < -0.4 is 4.74 Å². The lowest BCUT2D eigenvalue weighted by molar-refractivity contribution is -0.171. The number of benzene rings is 2. The molecule has 7 nitrogen and oxygen atoms in total. The number of fused-ring (bicyclic) bond motifs is 1. The summed E-state index contributed by atoms with van der Waals surface area (Å²) in [6.07, 6.45) is 3.54. The van der Waals surface area contributed by atoms with Crippen LogP contribution in [0.25, 0.3) is 10.9 Å². The number of ether oxygens (including phenoxy) is 3. The number of aryl methyl sites for hydroxylation is 1. The van der Waals surface area contributed by atoms with E-state index in [1.807, 2.05) is 37.3 Å². The molecule has 1 aromatic heterocycles. The minimum absolute atomic E-state index is 0.160. The van der Waals surface area contributed by atoms with E-state index in [9.17, 15) is 13.5 Å². The standard InChI is InChI=1S/C28H31NO6S/c1-20-16-22(26-4-2-3-5-27(26)29-20)18-33-24-6-8-25(9-7-24)36(31,32)19-23(30)17-21-10-12-28(13-11-21)34-14-15-35-28/h2-9,16-17,23,30H,10-15,18-19H2,1H3. The Morgan fingerprint density at radius 2 is 1.78 bits per heavy atom. The second-order valence-corrected chi connectivity index (χ2v) is 11.5. The number of aromatic nitrogens is 1. The number of aliphatic hydroxyl groups excluding tert-OH is 1. The average molecular weight is 510 g/mol. The molecule has 1 aliphatic heterocycles. The maximum atomic E-state index is 12.9. The van der Waals surface area contributed by atoms with Gasteiger partial charge in [-0.2, -0.15) is 0 Å². The number of aliphatic hydroxyl groups is 1. The number of pyridine rings is 1. The maximum absolute atomic E-state index is 12.9. The molecule has 1 saturated carbocycles. The van der Waals surface area contributed by atoms with Crippen LogP contribution in [0.3, 0.4) is 0 Å². The lowest BCUT2D eigenvalue weighted by atomic mass is 9.89. The SMILES string of the molecule is Cc1cc(COc2ccc(S(=O)(=O)CC(O)C=C3CCC4(CC3)OCCO4)cc2)c2ccccc2n1. The molecule has 1 aliphatic carbocycles. The van der Waals surface area contributed by atoms with Gasteiger partial charge in [-0.15, -0.1) is 0 Å². The Hall–Kier alpha value is -2.78. The Morgan fingerprint density at radius 3 is 2.50 bits per heavy atom. The fraction of sp³-hybridized carbons (Fsp3) is 0.393. The van der Waals surface area contributed by atoms with Crippen LogP contribution in [0.1, 0.15) is 36.9 Å². The molecule has 2 aromatic carbocycles. The fourth-order valence-corrected chi connectivity index (χ4v) is 6.25. The highest BCUT2D eigenvalue weighted by molar-refractivity contribution is 7.91. The molecule has 2 heterocycles. The summed E-state index contributed by atoms with van der Waals surface area (Å²) in [5.74, 6) is -0.277. The molecule has 2 aliphatic rings. The highest BCUT2D eigenvalue weighted by Gasteiger charge is 2.38. The Labute approximate surface area is 211 Å². The number of sulfone groups is 1. The number of hydrogen-bond acceptors (Lipinski definition) is 7. The Morgan fingerprint density at radius 1 is 1.08 bits per heavy atom. The molecule has 36 heavy (non-hydrogen) atoms. The Kier molecular flexibility index (Phi) is 7.12. The van der Waals surface area contributed by atoms with Crippen LogP contribution in [0.5, 0.6) is 5.75 Å². The summed E-state index contributed by atoms with van der Waals surface area (Å²) in [4.78, 5) is 4.71. The number of rotatable bonds is 7. The highest BCUT2D eigenvalue weighted by atomic mass is 32.2. The van der Waals surface area contributed by atoms with Crippen LogP contribution in [0, 0.1) is 6.92 Å². The molecule has 1 saturated heterocycles. The zero-order chi connectivity index (χ0) is 25.2. The molecule has 8 heteroatoms. The number of para-hydroxylation sites is 1. The van der Waals surface area contributed by atoms with Crippen molar-refractivity contribution in [2.45, 2.75) is 56.0 Å². The lowest BCUT2D eigenvalue weighted by Crippen LogP contribution is -2.33. The van der Waals surface area contributed by atoms with Gasteiger partial charge in [-0.05, 0) is 56.2 Å². The first-order valence-corrected chi connectivity index (χ1v) is 13.9. The second kappa shape index (κ2) is 10.3. The summed E-state index contributed by atoms with van der Waals surface area (Å²) in [5, 5.41) is 11.5. The molecule has 190 valence electrons. The van der Waals surface area contributed by atoms with E-state index in [4.69, 9.17) is 14.2 Å². The van der Waals surface area contributed by atoms with E-state index in [0.717, 1.165) is 53.4 Å². The van der Waals surface area contributed by atoms with E-state index >= 15 is 0 Å². The Balaban J connectivity index is 1.19. The number of nitrogens with zero attached hydrogens (tertiary/aromatic N) is 1. The van der Waals surface area contributed by atoms with Crippen molar-refractivity contribution in [2.24, 2.45) is 0 Å². The predicted molar refractivity (Wildman–Crippen MR) is 136 cm³/mol. The van der Waals surface area contributed by atoms with E-state index in [1.165, 1.54) is 12.1 Å². The van der Waals surface area contributed by atoms with Gasteiger partial charge in [0.1, 0.15) is 12.4 Å². The summed E-state index contributed by atoms with van der Waals surface area (Å²) in [6.45, 7) is 3.52. The summed E-state index contributed by atoms with van der Waals surface area (Å²) in [7, 11) is -3.66. The van der Waals surface area contributed by atoms with Crippen molar-refractivity contribution in [2.75, 3.05) is 19.0 Å². The van der Waals surface area contributed by atoms with Gasteiger partial charge in [-0.3, -0.25) is 4.98 Å². The van der Waals surface area contributed by atoms with Gasteiger partial charge in [-0.25, -0.2) is 8.42 Å². The van der Waals surface area contributed by atoms with Gasteiger partial charge in [0.15, 0.2) is 15.6 Å². The van der Waals surface area contributed by atoms with Crippen molar-refractivity contribution < 1.29 is 27.7 Å². The molecular weight excluding hydrogens is 478 g/mol. The van der Waals surface area contributed by atoms with E-state index in [0.29, 0.717) is 25.6 Å². The summed E-state index contributed by atoms with van der Waals surface area (Å²) < 4.78 is 43.2. The number of allylic oxidation sites excluding steroid dienone is 1. The maximum Gasteiger partial charge on any atom is 0.181 e. The third kappa shape index (κ3) is 5.62. The third-order valence-electron chi connectivity index (χ3n) is 6.79. The van der Waals surface area contributed by atoms with Crippen molar-refractivity contribution in [3.63, 3.8) is 0 Å². The molecule has 1 unspecified atom stereocenters. The molecule has 2 fully saturated rings. The van der Waals surface area contributed by atoms with E-state index in [1.54, 1.807) is 18.2 Å². The van der Waals surface area contributed by atoms with Crippen molar-refractivity contribution >= 4 is 20.7 Å². The molecule has 0 bridgehead atoms.